The first-order valence-corrected chi connectivity index (χ1v) is 10.7. The van der Waals surface area contributed by atoms with E-state index in [9.17, 15) is 9.59 Å². The fraction of sp³-hybridized carbons (Fsp3) is 0.565. The van der Waals surface area contributed by atoms with E-state index in [0.29, 0.717) is 25.5 Å². The van der Waals surface area contributed by atoms with Crippen molar-refractivity contribution in [2.75, 3.05) is 26.3 Å². The van der Waals surface area contributed by atoms with Crippen LogP contribution in [0, 0.1) is 6.92 Å². The van der Waals surface area contributed by atoms with Gasteiger partial charge in [0, 0.05) is 19.8 Å². The summed E-state index contributed by atoms with van der Waals surface area (Å²) in [6, 6.07) is 7.93. The summed E-state index contributed by atoms with van der Waals surface area (Å²) in [7, 11) is 0. The molecule has 0 aromatic heterocycles. The summed E-state index contributed by atoms with van der Waals surface area (Å²) in [5.74, 6) is 0.0120. The van der Waals surface area contributed by atoms with Gasteiger partial charge in [-0.25, -0.2) is 0 Å². The highest BCUT2D eigenvalue weighted by atomic mass is 16.5. The van der Waals surface area contributed by atoms with Gasteiger partial charge in [0.25, 0.3) is 5.91 Å². The second-order valence-corrected chi connectivity index (χ2v) is 7.76. The highest BCUT2D eigenvalue weighted by Gasteiger charge is 2.42. The van der Waals surface area contributed by atoms with Crippen LogP contribution < -0.4 is 5.32 Å². The number of rotatable bonds is 8. The van der Waals surface area contributed by atoms with Crippen LogP contribution in [0.25, 0.3) is 6.08 Å². The number of benzene rings is 1. The smallest absolute Gasteiger partial charge is 0.289 e. The highest BCUT2D eigenvalue weighted by Crippen LogP contribution is 2.33. The fourth-order valence-corrected chi connectivity index (χ4v) is 4.03. The van der Waals surface area contributed by atoms with E-state index in [1.165, 1.54) is 0 Å². The number of fused-ring (bicyclic) bond motifs is 1. The van der Waals surface area contributed by atoms with Gasteiger partial charge in [-0.05, 0) is 51.2 Å². The second-order valence-electron chi connectivity index (χ2n) is 7.76. The van der Waals surface area contributed by atoms with Crippen LogP contribution in [-0.4, -0.2) is 55.2 Å². The third-order valence-corrected chi connectivity index (χ3v) is 5.46. The van der Waals surface area contributed by atoms with Crippen molar-refractivity contribution in [2.45, 2.75) is 58.1 Å². The molecule has 2 fully saturated rings. The van der Waals surface area contributed by atoms with E-state index < -0.39 is 0 Å². The lowest BCUT2D eigenvalue weighted by Crippen LogP contribution is -2.57. The molecule has 29 heavy (non-hydrogen) atoms. The van der Waals surface area contributed by atoms with Crippen molar-refractivity contribution in [1.82, 2.24) is 10.2 Å². The number of carbonyl (C=O) groups is 2. The molecule has 2 aliphatic rings. The summed E-state index contributed by atoms with van der Waals surface area (Å²) in [6.07, 6.45) is 6.46. The molecule has 1 heterocycles. The summed E-state index contributed by atoms with van der Waals surface area (Å²) in [4.78, 5) is 27.3. The first kappa shape index (κ1) is 21.4. The van der Waals surface area contributed by atoms with Crippen LogP contribution in [0.1, 0.15) is 50.2 Å². The molecular formula is C23H32N2O4. The molecule has 1 aliphatic heterocycles. The molecule has 1 saturated carbocycles. The van der Waals surface area contributed by atoms with Crippen LogP contribution in [0.5, 0.6) is 0 Å². The van der Waals surface area contributed by atoms with Gasteiger partial charge in [-0.15, -0.1) is 0 Å². The Morgan fingerprint density at radius 1 is 1.34 bits per heavy atom. The molecule has 2 atom stereocenters. The quantitative estimate of drug-likeness (QED) is 0.538. The molecule has 0 radical (unpaired) electrons. The molecule has 158 valence electrons. The van der Waals surface area contributed by atoms with E-state index in [4.69, 9.17) is 9.47 Å². The third-order valence-electron chi connectivity index (χ3n) is 5.46. The van der Waals surface area contributed by atoms with Gasteiger partial charge in [0.2, 0.25) is 5.91 Å². The van der Waals surface area contributed by atoms with Crippen molar-refractivity contribution in [2.24, 2.45) is 0 Å². The van der Waals surface area contributed by atoms with Crippen LogP contribution in [0.3, 0.4) is 0 Å². The average Bonchev–Trinajstić information content (AvgIpc) is 2.71. The lowest BCUT2D eigenvalue weighted by Gasteiger charge is -2.44. The molecule has 0 bridgehead atoms. The maximum atomic E-state index is 13.2. The summed E-state index contributed by atoms with van der Waals surface area (Å²) in [5, 5.41) is 2.90. The van der Waals surface area contributed by atoms with Gasteiger partial charge in [-0.1, -0.05) is 36.2 Å². The number of hydrogen-bond donors (Lipinski definition) is 1. The molecule has 2 unspecified atom stereocenters. The summed E-state index contributed by atoms with van der Waals surface area (Å²) < 4.78 is 11.4. The Balaban J connectivity index is 1.69. The minimum atomic E-state index is -0.195. The normalized spacial score (nSPS) is 22.9. The fourth-order valence-electron chi connectivity index (χ4n) is 4.03. The lowest BCUT2D eigenvalue weighted by molar-refractivity contribution is -0.151. The van der Waals surface area contributed by atoms with Crippen molar-refractivity contribution in [1.29, 1.82) is 0 Å². The van der Waals surface area contributed by atoms with Crippen molar-refractivity contribution in [3.63, 3.8) is 0 Å². The van der Waals surface area contributed by atoms with E-state index in [-0.39, 0.29) is 30.5 Å². The minimum absolute atomic E-state index is 0.0277. The number of amides is 2. The lowest BCUT2D eigenvalue weighted by atomic mass is 9.89. The highest BCUT2D eigenvalue weighted by molar-refractivity contribution is 5.98. The number of nitrogens with zero attached hydrogens (tertiary/aromatic N) is 1. The van der Waals surface area contributed by atoms with Gasteiger partial charge in [-0.2, -0.15) is 0 Å². The largest absolute Gasteiger partial charge is 0.482 e. The zero-order valence-corrected chi connectivity index (χ0v) is 17.5. The van der Waals surface area contributed by atoms with Gasteiger partial charge in [0.1, 0.15) is 12.6 Å². The molecular weight excluding hydrogens is 368 g/mol. The predicted molar refractivity (Wildman–Crippen MR) is 112 cm³/mol. The SMILES string of the molecule is CCOCCCNC(=O)CN1C(=O)/C(=C\c2cccc(C)c2)OC2CCCCC21. The predicted octanol–water partition coefficient (Wildman–Crippen LogP) is 3.05. The molecule has 1 N–H and O–H groups in total. The minimum Gasteiger partial charge on any atom is -0.482 e. The summed E-state index contributed by atoms with van der Waals surface area (Å²) >= 11 is 0. The molecule has 0 spiro atoms. The average molecular weight is 401 g/mol. The van der Waals surface area contributed by atoms with Gasteiger partial charge >= 0.3 is 0 Å². The number of carbonyl (C=O) groups excluding carboxylic acids is 2. The van der Waals surface area contributed by atoms with E-state index in [1.807, 2.05) is 38.1 Å². The van der Waals surface area contributed by atoms with Crippen molar-refractivity contribution >= 4 is 17.9 Å². The van der Waals surface area contributed by atoms with Gasteiger partial charge in [-0.3, -0.25) is 9.59 Å². The van der Waals surface area contributed by atoms with E-state index >= 15 is 0 Å². The molecule has 1 aliphatic carbocycles. The molecule has 2 amide bonds. The first-order chi connectivity index (χ1) is 14.1. The molecule has 1 saturated heterocycles. The second kappa shape index (κ2) is 10.4. The number of ether oxygens (including phenoxy) is 2. The number of nitrogens with one attached hydrogen (secondary N) is 1. The topological polar surface area (TPSA) is 67.9 Å². The van der Waals surface area contributed by atoms with Crippen LogP contribution in [-0.2, 0) is 19.1 Å². The van der Waals surface area contributed by atoms with Gasteiger partial charge < -0.3 is 19.7 Å². The molecule has 6 nitrogen and oxygen atoms in total. The Kier molecular flexibility index (Phi) is 7.69. The van der Waals surface area contributed by atoms with E-state index in [1.54, 1.807) is 11.0 Å². The van der Waals surface area contributed by atoms with Crippen LogP contribution in [0.15, 0.2) is 30.0 Å². The summed E-state index contributed by atoms with van der Waals surface area (Å²) in [6.45, 7) is 5.90. The first-order valence-electron chi connectivity index (χ1n) is 10.7. The molecule has 1 aromatic rings. The number of morpholine rings is 1. The van der Waals surface area contributed by atoms with E-state index in [2.05, 4.69) is 5.32 Å². The Bertz CT molecular complexity index is 746. The monoisotopic (exact) mass is 400 g/mol. The van der Waals surface area contributed by atoms with Gasteiger partial charge in [0.15, 0.2) is 5.76 Å². The Labute approximate surface area is 173 Å². The Hall–Kier alpha value is -2.34. The van der Waals surface area contributed by atoms with Crippen LogP contribution in [0.4, 0.5) is 0 Å². The maximum Gasteiger partial charge on any atom is 0.289 e. The molecule has 1 aromatic carbocycles. The standard InChI is InChI=1S/C23H32N2O4/c1-3-28-13-7-12-24-22(26)16-25-19-10-4-5-11-20(19)29-21(23(25)27)15-18-9-6-8-17(2)14-18/h6,8-9,14-15,19-20H,3-5,7,10-13,16H2,1-2H3,(H,24,26)/b21-15+. The third kappa shape index (κ3) is 5.82. The summed E-state index contributed by atoms with van der Waals surface area (Å²) in [5.41, 5.74) is 2.06. The maximum absolute atomic E-state index is 13.2. The van der Waals surface area contributed by atoms with Crippen LogP contribution in [0.2, 0.25) is 0 Å². The van der Waals surface area contributed by atoms with Crippen molar-refractivity contribution < 1.29 is 19.1 Å². The molecule has 6 heteroatoms. The van der Waals surface area contributed by atoms with E-state index in [0.717, 1.165) is 43.2 Å². The zero-order valence-electron chi connectivity index (χ0n) is 17.5. The molecule has 3 rings (SSSR count). The van der Waals surface area contributed by atoms with Crippen molar-refractivity contribution in [3.05, 3.63) is 41.2 Å². The van der Waals surface area contributed by atoms with Gasteiger partial charge in [0.05, 0.1) is 6.04 Å². The Morgan fingerprint density at radius 3 is 2.97 bits per heavy atom. The Morgan fingerprint density at radius 2 is 2.17 bits per heavy atom. The number of aryl methyl sites for hydroxylation is 1. The zero-order chi connectivity index (χ0) is 20.6. The van der Waals surface area contributed by atoms with Crippen LogP contribution >= 0.6 is 0 Å². The van der Waals surface area contributed by atoms with Crippen molar-refractivity contribution in [3.8, 4) is 0 Å². The number of hydrogen-bond acceptors (Lipinski definition) is 4.